The van der Waals surface area contributed by atoms with Crippen LogP contribution in [0.1, 0.15) is 16.7 Å². The Bertz CT molecular complexity index is 1360. The highest BCUT2D eigenvalue weighted by molar-refractivity contribution is 8.00. The first-order valence-electron chi connectivity index (χ1n) is 10.7. The molecule has 6 nitrogen and oxygen atoms in total. The smallest absolute Gasteiger partial charge is 0.234 e. The van der Waals surface area contributed by atoms with Crippen molar-refractivity contribution in [3.05, 3.63) is 89.5 Å². The molecule has 1 aliphatic heterocycles. The van der Waals surface area contributed by atoms with Crippen molar-refractivity contribution in [1.29, 1.82) is 5.26 Å². The monoisotopic (exact) mass is 451 g/mol. The maximum atomic E-state index is 12.5. The van der Waals surface area contributed by atoms with Gasteiger partial charge in [-0.05, 0) is 47.9 Å². The van der Waals surface area contributed by atoms with Gasteiger partial charge in [-0.1, -0.05) is 54.2 Å². The number of thioether (sulfide) groups is 1. The minimum Gasteiger partial charge on any atom is -0.336 e. The number of nitriles is 1. The molecule has 2 heterocycles. The van der Waals surface area contributed by atoms with Gasteiger partial charge in [0.25, 0.3) is 0 Å². The lowest BCUT2D eigenvalue weighted by molar-refractivity contribution is -0.113. The van der Waals surface area contributed by atoms with Crippen molar-refractivity contribution < 1.29 is 4.79 Å². The summed E-state index contributed by atoms with van der Waals surface area (Å²) >= 11 is 1.41. The lowest BCUT2D eigenvalue weighted by atomic mass is 10.0. The fraction of sp³-hybridized carbons (Fsp3) is 0.154. The molecule has 162 valence electrons. The van der Waals surface area contributed by atoms with E-state index in [1.165, 1.54) is 22.9 Å². The maximum absolute atomic E-state index is 12.5. The normalized spacial score (nSPS) is 12.8. The van der Waals surface area contributed by atoms with Crippen LogP contribution in [-0.2, 0) is 17.8 Å². The largest absolute Gasteiger partial charge is 0.336 e. The average molecular weight is 452 g/mol. The number of rotatable bonds is 5. The van der Waals surface area contributed by atoms with Crippen molar-refractivity contribution in [2.24, 2.45) is 0 Å². The molecular formula is C26H21N5OS. The Labute approximate surface area is 196 Å². The van der Waals surface area contributed by atoms with Gasteiger partial charge in [-0.15, -0.1) is 0 Å². The van der Waals surface area contributed by atoms with Gasteiger partial charge in [0.15, 0.2) is 0 Å². The van der Waals surface area contributed by atoms with Crippen LogP contribution in [0.2, 0.25) is 0 Å². The zero-order valence-corrected chi connectivity index (χ0v) is 18.7. The summed E-state index contributed by atoms with van der Waals surface area (Å²) in [5.41, 5.74) is 4.78. The van der Waals surface area contributed by atoms with Crippen LogP contribution in [0.4, 0.5) is 11.6 Å². The molecule has 0 atom stereocenters. The molecule has 4 aromatic rings. The third-order valence-electron chi connectivity index (χ3n) is 5.61. The molecule has 0 aliphatic carbocycles. The molecule has 33 heavy (non-hydrogen) atoms. The predicted molar refractivity (Wildman–Crippen MR) is 131 cm³/mol. The Morgan fingerprint density at radius 1 is 1.00 bits per heavy atom. The zero-order valence-electron chi connectivity index (χ0n) is 17.9. The summed E-state index contributed by atoms with van der Waals surface area (Å²) in [5.74, 6) is 0.794. The van der Waals surface area contributed by atoms with Gasteiger partial charge in [0.1, 0.15) is 5.03 Å². The Morgan fingerprint density at radius 2 is 1.76 bits per heavy atom. The van der Waals surface area contributed by atoms with Crippen LogP contribution in [0.25, 0.3) is 10.9 Å². The van der Waals surface area contributed by atoms with Crippen LogP contribution in [0.3, 0.4) is 0 Å². The Hall–Kier alpha value is -3.89. The van der Waals surface area contributed by atoms with E-state index in [-0.39, 0.29) is 11.7 Å². The van der Waals surface area contributed by atoms with Crippen molar-refractivity contribution in [2.75, 3.05) is 22.5 Å². The van der Waals surface area contributed by atoms with E-state index in [0.717, 1.165) is 35.4 Å². The van der Waals surface area contributed by atoms with E-state index in [0.29, 0.717) is 17.2 Å². The lowest BCUT2D eigenvalue weighted by Gasteiger charge is -2.29. The van der Waals surface area contributed by atoms with Crippen molar-refractivity contribution in [2.45, 2.75) is 18.0 Å². The van der Waals surface area contributed by atoms with Crippen molar-refractivity contribution in [1.82, 2.24) is 9.97 Å². The zero-order chi connectivity index (χ0) is 22.6. The number of anilines is 2. The third-order valence-corrected chi connectivity index (χ3v) is 6.60. The van der Waals surface area contributed by atoms with Gasteiger partial charge >= 0.3 is 0 Å². The topological polar surface area (TPSA) is 81.9 Å². The number of fused-ring (bicyclic) bond motifs is 2. The second-order valence-corrected chi connectivity index (χ2v) is 8.78. The molecule has 0 fully saturated rings. The highest BCUT2D eigenvalue weighted by atomic mass is 32.2. The van der Waals surface area contributed by atoms with E-state index in [2.05, 4.69) is 40.6 Å². The first-order chi connectivity index (χ1) is 16.2. The summed E-state index contributed by atoms with van der Waals surface area (Å²) in [6.45, 7) is 1.64. The number of carbonyl (C=O) groups excluding carboxylic acids is 1. The fourth-order valence-electron chi connectivity index (χ4n) is 3.91. The number of amides is 1. The van der Waals surface area contributed by atoms with E-state index >= 15 is 0 Å². The molecule has 0 spiro atoms. The van der Waals surface area contributed by atoms with E-state index in [4.69, 9.17) is 15.2 Å². The highest BCUT2D eigenvalue weighted by Crippen LogP contribution is 2.30. The van der Waals surface area contributed by atoms with Gasteiger partial charge in [-0.2, -0.15) is 5.26 Å². The first kappa shape index (κ1) is 21.0. The number of para-hydroxylation sites is 1. The Kier molecular flexibility index (Phi) is 5.92. The second kappa shape index (κ2) is 9.31. The van der Waals surface area contributed by atoms with E-state index in [9.17, 15) is 4.79 Å². The number of nitrogens with zero attached hydrogens (tertiary/aromatic N) is 4. The first-order valence-corrected chi connectivity index (χ1v) is 11.7. The van der Waals surface area contributed by atoms with Gasteiger partial charge in [0.2, 0.25) is 11.9 Å². The number of aromatic nitrogens is 2. The lowest BCUT2D eigenvalue weighted by Crippen LogP contribution is -2.31. The van der Waals surface area contributed by atoms with Gasteiger partial charge in [-0.3, -0.25) is 4.79 Å². The summed E-state index contributed by atoms with van der Waals surface area (Å²) in [4.78, 5) is 24.4. The molecule has 5 rings (SSSR count). The van der Waals surface area contributed by atoms with Crippen LogP contribution in [-0.4, -0.2) is 28.2 Å². The van der Waals surface area contributed by atoms with Crippen LogP contribution in [0.5, 0.6) is 0 Å². The minimum absolute atomic E-state index is 0.124. The molecule has 1 aliphatic rings. The van der Waals surface area contributed by atoms with E-state index in [1.54, 1.807) is 24.3 Å². The van der Waals surface area contributed by atoms with Crippen LogP contribution in [0.15, 0.2) is 77.8 Å². The summed E-state index contributed by atoms with van der Waals surface area (Å²) in [7, 11) is 0. The molecule has 0 saturated heterocycles. The van der Waals surface area contributed by atoms with Crippen LogP contribution in [0, 0.1) is 11.3 Å². The number of hydrogen-bond acceptors (Lipinski definition) is 6. The molecular weight excluding hydrogens is 430 g/mol. The third kappa shape index (κ3) is 4.66. The Morgan fingerprint density at radius 3 is 2.58 bits per heavy atom. The van der Waals surface area contributed by atoms with Crippen molar-refractivity contribution in [3.8, 4) is 6.07 Å². The summed E-state index contributed by atoms with van der Waals surface area (Å²) in [5, 5.41) is 13.5. The van der Waals surface area contributed by atoms with Gasteiger partial charge in [-0.25, -0.2) is 9.97 Å². The molecule has 0 bridgehead atoms. The second-order valence-electron chi connectivity index (χ2n) is 7.81. The van der Waals surface area contributed by atoms with Gasteiger partial charge in [0, 0.05) is 24.2 Å². The number of benzene rings is 3. The summed E-state index contributed by atoms with van der Waals surface area (Å²) < 4.78 is 0. The van der Waals surface area contributed by atoms with Crippen LogP contribution >= 0.6 is 11.8 Å². The van der Waals surface area contributed by atoms with E-state index in [1.807, 2.05) is 24.3 Å². The molecule has 3 aromatic carbocycles. The molecule has 7 heteroatoms. The Balaban J connectivity index is 1.35. The molecule has 0 radical (unpaired) electrons. The number of hydrogen-bond donors (Lipinski definition) is 1. The van der Waals surface area contributed by atoms with E-state index < -0.39 is 0 Å². The maximum Gasteiger partial charge on any atom is 0.234 e. The minimum atomic E-state index is -0.124. The molecule has 1 amide bonds. The van der Waals surface area contributed by atoms with Gasteiger partial charge < -0.3 is 10.2 Å². The SMILES string of the molecule is N#Cc1ccc(NC(=O)CSc2nc(N3CCc4ccccc4C3)nc3ccccc23)cc1. The summed E-state index contributed by atoms with van der Waals surface area (Å²) in [6.07, 6.45) is 0.960. The van der Waals surface area contributed by atoms with Crippen molar-refractivity contribution >= 4 is 40.2 Å². The average Bonchev–Trinajstić information content (AvgIpc) is 2.87. The van der Waals surface area contributed by atoms with Gasteiger partial charge in [0.05, 0.1) is 22.9 Å². The quantitative estimate of drug-likeness (QED) is 0.347. The standard InChI is InChI=1S/C26H21N5OS/c27-15-18-9-11-21(12-10-18)28-24(32)17-33-25-22-7-3-4-8-23(22)29-26(30-25)31-14-13-19-5-1-2-6-20(19)16-31/h1-12H,13-14,16-17H2,(H,28,32). The fourth-order valence-corrected chi connectivity index (χ4v) is 4.73. The highest BCUT2D eigenvalue weighted by Gasteiger charge is 2.20. The molecule has 0 unspecified atom stereocenters. The number of nitrogens with one attached hydrogen (secondary N) is 1. The predicted octanol–water partition coefficient (Wildman–Crippen LogP) is 4.79. The molecule has 1 N–H and O–H groups in total. The number of carbonyl (C=O) groups is 1. The molecule has 1 aromatic heterocycles. The van der Waals surface area contributed by atoms with Crippen molar-refractivity contribution in [3.63, 3.8) is 0 Å². The molecule has 0 saturated carbocycles. The van der Waals surface area contributed by atoms with Crippen LogP contribution < -0.4 is 10.2 Å². The summed E-state index contributed by atoms with van der Waals surface area (Å²) in [6, 6.07) is 25.3.